The molecule has 1 unspecified atom stereocenters. The lowest BCUT2D eigenvalue weighted by Gasteiger charge is -2.09. The highest BCUT2D eigenvalue weighted by atomic mass is 19.1. The molecule has 0 spiro atoms. The molecule has 0 fully saturated rings. The van der Waals surface area contributed by atoms with E-state index in [1.54, 1.807) is 12.4 Å². The van der Waals surface area contributed by atoms with Crippen molar-refractivity contribution in [1.82, 2.24) is 9.97 Å². The summed E-state index contributed by atoms with van der Waals surface area (Å²) in [5.41, 5.74) is 3.39. The monoisotopic (exact) mass is 458 g/mol. The third-order valence-corrected chi connectivity index (χ3v) is 5.95. The van der Waals surface area contributed by atoms with E-state index < -0.39 is 11.6 Å². The SMILES string of the molecule is Cc1ccc(CCNc2ncc(-c3ccc(C4CCC(c5c(F)cccc5F)=N4)cc3)cn2)o1. The minimum absolute atomic E-state index is 0.00765. The molecule has 0 amide bonds. The molecule has 1 aliphatic rings. The number of aliphatic imine (C=N–C) groups is 1. The molecule has 0 bridgehead atoms. The number of anilines is 1. The number of halogens is 2. The fourth-order valence-electron chi connectivity index (χ4n) is 4.18. The Morgan fingerprint density at radius 1 is 0.941 bits per heavy atom. The first-order valence-corrected chi connectivity index (χ1v) is 11.3. The Hall–Kier alpha value is -3.87. The van der Waals surface area contributed by atoms with E-state index in [1.165, 1.54) is 18.2 Å². The standard InChI is InChI=1S/C27H24F2N4O/c1-17-5-10-21(34-17)13-14-30-27-31-15-20(16-32-27)18-6-8-19(9-7-18)24-11-12-25(33-24)26-22(28)3-2-4-23(26)29/h2-10,15-16,24H,11-14H2,1H3,(H,30,31,32). The average molecular weight is 459 g/mol. The summed E-state index contributed by atoms with van der Waals surface area (Å²) in [7, 11) is 0. The quantitative estimate of drug-likeness (QED) is 0.353. The van der Waals surface area contributed by atoms with Crippen LogP contribution in [0.4, 0.5) is 14.7 Å². The number of furan rings is 1. The van der Waals surface area contributed by atoms with Gasteiger partial charge in [0.2, 0.25) is 5.95 Å². The van der Waals surface area contributed by atoms with E-state index in [9.17, 15) is 8.78 Å². The Morgan fingerprint density at radius 2 is 1.68 bits per heavy atom. The first kappa shape index (κ1) is 21.9. The molecule has 0 saturated carbocycles. The van der Waals surface area contributed by atoms with Gasteiger partial charge in [-0.3, -0.25) is 4.99 Å². The lowest BCUT2D eigenvalue weighted by Crippen LogP contribution is -2.07. The average Bonchev–Trinajstić information content (AvgIpc) is 3.49. The van der Waals surface area contributed by atoms with Crippen LogP contribution in [0.5, 0.6) is 0 Å². The van der Waals surface area contributed by atoms with Crippen LogP contribution in [0.3, 0.4) is 0 Å². The van der Waals surface area contributed by atoms with Crippen LogP contribution in [0.1, 0.15) is 41.5 Å². The minimum Gasteiger partial charge on any atom is -0.466 e. The number of aryl methyl sites for hydroxylation is 1. The largest absolute Gasteiger partial charge is 0.466 e. The molecule has 0 aliphatic carbocycles. The number of hydrogen-bond acceptors (Lipinski definition) is 5. The summed E-state index contributed by atoms with van der Waals surface area (Å²) in [4.78, 5) is 13.4. The molecule has 1 atom stereocenters. The van der Waals surface area contributed by atoms with Crippen molar-refractivity contribution in [3.05, 3.63) is 101 Å². The third-order valence-electron chi connectivity index (χ3n) is 5.95. The van der Waals surface area contributed by atoms with Gasteiger partial charge in [0.25, 0.3) is 0 Å². The van der Waals surface area contributed by atoms with E-state index in [0.717, 1.165) is 41.1 Å². The van der Waals surface area contributed by atoms with Crippen LogP contribution >= 0.6 is 0 Å². The summed E-state index contributed by atoms with van der Waals surface area (Å²) in [5, 5.41) is 3.20. The summed E-state index contributed by atoms with van der Waals surface area (Å²) >= 11 is 0. The van der Waals surface area contributed by atoms with Crippen LogP contribution in [0.2, 0.25) is 0 Å². The molecule has 0 saturated heterocycles. The topological polar surface area (TPSA) is 63.3 Å². The van der Waals surface area contributed by atoms with E-state index in [2.05, 4.69) is 20.3 Å². The van der Waals surface area contributed by atoms with Gasteiger partial charge in [0, 0.05) is 36.6 Å². The fourth-order valence-corrected chi connectivity index (χ4v) is 4.18. The number of nitrogens with one attached hydrogen (secondary N) is 1. The van der Waals surface area contributed by atoms with Crippen molar-refractivity contribution in [2.45, 2.75) is 32.2 Å². The first-order valence-electron chi connectivity index (χ1n) is 11.3. The zero-order valence-corrected chi connectivity index (χ0v) is 18.8. The van der Waals surface area contributed by atoms with Crippen molar-refractivity contribution < 1.29 is 13.2 Å². The molecule has 7 heteroatoms. The Bertz CT molecular complexity index is 1290. The summed E-state index contributed by atoms with van der Waals surface area (Å²) in [5.74, 6) is 1.27. The molecular formula is C27H24F2N4O. The number of nitrogens with zero attached hydrogens (tertiary/aromatic N) is 3. The second-order valence-corrected chi connectivity index (χ2v) is 8.33. The second-order valence-electron chi connectivity index (χ2n) is 8.33. The molecule has 4 aromatic rings. The van der Waals surface area contributed by atoms with Crippen molar-refractivity contribution in [2.75, 3.05) is 11.9 Å². The zero-order chi connectivity index (χ0) is 23.5. The molecule has 1 aliphatic heterocycles. The van der Waals surface area contributed by atoms with Gasteiger partial charge in [0.05, 0.1) is 11.6 Å². The maximum atomic E-state index is 14.1. The van der Waals surface area contributed by atoms with Crippen molar-refractivity contribution in [3.63, 3.8) is 0 Å². The molecule has 2 aromatic heterocycles. The number of rotatable bonds is 7. The highest BCUT2D eigenvalue weighted by Crippen LogP contribution is 2.33. The van der Waals surface area contributed by atoms with Gasteiger partial charge in [-0.2, -0.15) is 0 Å². The number of hydrogen-bond donors (Lipinski definition) is 1. The van der Waals surface area contributed by atoms with Crippen LogP contribution in [0.15, 0.2) is 76.4 Å². The van der Waals surface area contributed by atoms with Crippen LogP contribution in [-0.2, 0) is 6.42 Å². The van der Waals surface area contributed by atoms with Crippen molar-refractivity contribution in [2.24, 2.45) is 4.99 Å². The highest BCUT2D eigenvalue weighted by molar-refractivity contribution is 6.02. The Kier molecular flexibility index (Phi) is 6.16. The van der Waals surface area contributed by atoms with Gasteiger partial charge in [-0.05, 0) is 55.2 Å². The molecular weight excluding hydrogens is 434 g/mol. The van der Waals surface area contributed by atoms with Gasteiger partial charge in [-0.25, -0.2) is 18.7 Å². The molecule has 2 aromatic carbocycles. The Balaban J connectivity index is 1.22. The number of benzene rings is 2. The lowest BCUT2D eigenvalue weighted by atomic mass is 10.0. The maximum absolute atomic E-state index is 14.1. The van der Waals surface area contributed by atoms with Gasteiger partial charge in [-0.15, -0.1) is 0 Å². The molecule has 172 valence electrons. The molecule has 34 heavy (non-hydrogen) atoms. The van der Waals surface area contributed by atoms with E-state index in [1.807, 2.05) is 43.3 Å². The van der Waals surface area contributed by atoms with E-state index >= 15 is 0 Å². The zero-order valence-electron chi connectivity index (χ0n) is 18.8. The number of aromatic nitrogens is 2. The summed E-state index contributed by atoms with van der Waals surface area (Å²) < 4.78 is 33.8. The van der Waals surface area contributed by atoms with Crippen LogP contribution in [0.25, 0.3) is 11.1 Å². The summed E-state index contributed by atoms with van der Waals surface area (Å²) in [6.45, 7) is 2.61. The van der Waals surface area contributed by atoms with Crippen LogP contribution < -0.4 is 5.32 Å². The summed E-state index contributed by atoms with van der Waals surface area (Å²) in [6.07, 6.45) is 5.60. The Labute approximate surface area is 196 Å². The Morgan fingerprint density at radius 3 is 2.35 bits per heavy atom. The van der Waals surface area contributed by atoms with Gasteiger partial charge in [0.1, 0.15) is 23.2 Å². The fraction of sp³-hybridized carbons (Fsp3) is 0.222. The molecule has 0 radical (unpaired) electrons. The van der Waals surface area contributed by atoms with Crippen LogP contribution in [0, 0.1) is 18.6 Å². The molecule has 1 N–H and O–H groups in total. The predicted octanol–water partition coefficient (Wildman–Crippen LogP) is 6.30. The smallest absolute Gasteiger partial charge is 0.222 e. The van der Waals surface area contributed by atoms with E-state index in [0.29, 0.717) is 24.6 Å². The van der Waals surface area contributed by atoms with Gasteiger partial charge in [-0.1, -0.05) is 30.3 Å². The lowest BCUT2D eigenvalue weighted by molar-refractivity contribution is 0.486. The highest BCUT2D eigenvalue weighted by Gasteiger charge is 2.24. The van der Waals surface area contributed by atoms with Crippen LogP contribution in [-0.4, -0.2) is 22.2 Å². The van der Waals surface area contributed by atoms with E-state index in [4.69, 9.17) is 4.42 Å². The maximum Gasteiger partial charge on any atom is 0.222 e. The van der Waals surface area contributed by atoms with Crippen molar-refractivity contribution >= 4 is 11.7 Å². The summed E-state index contributed by atoms with van der Waals surface area (Å²) in [6, 6.07) is 15.7. The van der Waals surface area contributed by atoms with Gasteiger partial charge < -0.3 is 9.73 Å². The third kappa shape index (κ3) is 4.73. The molecule has 5 nitrogen and oxygen atoms in total. The van der Waals surface area contributed by atoms with Gasteiger partial charge >= 0.3 is 0 Å². The van der Waals surface area contributed by atoms with Gasteiger partial charge in [0.15, 0.2) is 0 Å². The predicted molar refractivity (Wildman–Crippen MR) is 128 cm³/mol. The first-order chi connectivity index (χ1) is 16.6. The van der Waals surface area contributed by atoms with E-state index in [-0.39, 0.29) is 11.6 Å². The minimum atomic E-state index is -0.566. The van der Waals surface area contributed by atoms with Crippen molar-refractivity contribution in [3.8, 4) is 11.1 Å². The van der Waals surface area contributed by atoms with Crippen molar-refractivity contribution in [1.29, 1.82) is 0 Å². The molecule has 5 rings (SSSR count). The second kappa shape index (κ2) is 9.55. The normalized spacial score (nSPS) is 15.4. The molecule has 3 heterocycles.